The van der Waals surface area contributed by atoms with E-state index in [0.29, 0.717) is 17.5 Å². The molecule has 9 aromatic carbocycles. The van der Waals surface area contributed by atoms with Crippen molar-refractivity contribution in [3.63, 3.8) is 0 Å². The zero-order valence-electron chi connectivity index (χ0n) is 32.3. The van der Waals surface area contributed by atoms with Crippen LogP contribution in [-0.4, -0.2) is 19.5 Å². The maximum absolute atomic E-state index is 6.76. The van der Waals surface area contributed by atoms with Gasteiger partial charge in [-0.3, -0.25) is 0 Å². The van der Waals surface area contributed by atoms with Gasteiger partial charge in [-0.15, -0.1) is 0 Å². The van der Waals surface area contributed by atoms with Crippen LogP contribution in [0.3, 0.4) is 0 Å². The molecule has 5 nitrogen and oxygen atoms in total. The third kappa shape index (κ3) is 5.52. The molecule has 5 heteroatoms. The van der Waals surface area contributed by atoms with Gasteiger partial charge in [0.25, 0.3) is 0 Å². The molecule has 60 heavy (non-hydrogen) atoms. The second-order valence-electron chi connectivity index (χ2n) is 15.2. The number of hydrogen-bond donors (Lipinski definition) is 0. The van der Waals surface area contributed by atoms with Crippen LogP contribution < -0.4 is 0 Å². The highest BCUT2D eigenvalue weighted by Crippen LogP contribution is 2.44. The van der Waals surface area contributed by atoms with E-state index in [0.717, 1.165) is 60.9 Å². The zero-order valence-corrected chi connectivity index (χ0v) is 32.3. The van der Waals surface area contributed by atoms with E-state index in [-0.39, 0.29) is 0 Å². The van der Waals surface area contributed by atoms with Crippen molar-refractivity contribution in [2.45, 2.75) is 0 Å². The highest BCUT2D eigenvalue weighted by Gasteiger charge is 2.23. The van der Waals surface area contributed by atoms with E-state index in [4.69, 9.17) is 19.4 Å². The van der Waals surface area contributed by atoms with Crippen molar-refractivity contribution >= 4 is 54.5 Å². The minimum atomic E-state index is 0.574. The van der Waals surface area contributed by atoms with E-state index in [1.54, 1.807) is 0 Å². The van der Waals surface area contributed by atoms with Crippen molar-refractivity contribution in [2.75, 3.05) is 0 Å². The molecule has 0 fully saturated rings. The van der Waals surface area contributed by atoms with Gasteiger partial charge >= 0.3 is 0 Å². The Morgan fingerprint density at radius 1 is 0.350 bits per heavy atom. The molecule has 0 N–H and O–H groups in total. The van der Waals surface area contributed by atoms with E-state index in [2.05, 4.69) is 138 Å². The van der Waals surface area contributed by atoms with Crippen LogP contribution in [0, 0.1) is 0 Å². The summed E-state index contributed by atoms with van der Waals surface area (Å²) in [6, 6.07) is 72.2. The average Bonchev–Trinajstić information content (AvgIpc) is 3.88. The monoisotopic (exact) mass is 766 g/mol. The van der Waals surface area contributed by atoms with Crippen molar-refractivity contribution in [2.24, 2.45) is 0 Å². The molecule has 0 unspecified atom stereocenters. The van der Waals surface area contributed by atoms with Gasteiger partial charge in [0.2, 0.25) is 0 Å². The Morgan fingerprint density at radius 2 is 0.950 bits per heavy atom. The number of aromatic nitrogens is 4. The van der Waals surface area contributed by atoms with Gasteiger partial charge < -0.3 is 8.98 Å². The van der Waals surface area contributed by atoms with Gasteiger partial charge in [0.15, 0.2) is 17.5 Å². The van der Waals surface area contributed by atoms with E-state index < -0.39 is 0 Å². The molecule has 0 aliphatic carbocycles. The largest absolute Gasteiger partial charge is 0.456 e. The van der Waals surface area contributed by atoms with E-state index in [9.17, 15) is 0 Å². The molecular weight excluding hydrogens is 733 g/mol. The standard InChI is InChI=1S/C55H34N4O/c1-4-16-35(17-5-1)39-23-14-24-40(32-39)42-27-15-28-47-50(42)45-31-30-36-18-10-11-25-43(36)52(45)59(47)41-33-46(51-44-26-12-13-29-48(44)60-49(51)34-41)55-57-53(37-19-6-2-7-20-37)56-54(58-55)38-21-8-3-9-22-38/h1-34H. The molecule has 0 radical (unpaired) electrons. The van der Waals surface area contributed by atoms with Crippen molar-refractivity contribution in [3.05, 3.63) is 206 Å². The molecule has 0 aliphatic rings. The third-order valence-corrected chi connectivity index (χ3v) is 11.6. The van der Waals surface area contributed by atoms with Crippen molar-refractivity contribution in [1.82, 2.24) is 19.5 Å². The van der Waals surface area contributed by atoms with Crippen LogP contribution in [-0.2, 0) is 0 Å². The first kappa shape index (κ1) is 33.9. The summed E-state index contributed by atoms with van der Waals surface area (Å²) in [4.78, 5) is 15.5. The lowest BCUT2D eigenvalue weighted by Crippen LogP contribution is -2.01. The first-order chi connectivity index (χ1) is 29.7. The summed E-state index contributed by atoms with van der Waals surface area (Å²) in [7, 11) is 0. The van der Waals surface area contributed by atoms with E-state index >= 15 is 0 Å². The summed E-state index contributed by atoms with van der Waals surface area (Å²) in [5, 5.41) is 6.66. The highest BCUT2D eigenvalue weighted by molar-refractivity contribution is 6.23. The summed E-state index contributed by atoms with van der Waals surface area (Å²) < 4.78 is 9.17. The predicted molar refractivity (Wildman–Crippen MR) is 246 cm³/mol. The van der Waals surface area contributed by atoms with Crippen LogP contribution in [0.1, 0.15) is 0 Å². The van der Waals surface area contributed by atoms with Gasteiger partial charge in [0.05, 0.1) is 16.7 Å². The fraction of sp³-hybridized carbons (Fsp3) is 0. The van der Waals surface area contributed by atoms with Crippen LogP contribution in [0.4, 0.5) is 0 Å². The molecule has 0 aliphatic heterocycles. The van der Waals surface area contributed by atoms with Crippen molar-refractivity contribution in [1.29, 1.82) is 0 Å². The Labute approximate surface area is 345 Å². The Kier molecular flexibility index (Phi) is 7.78. The number of rotatable bonds is 6. The molecule has 0 saturated carbocycles. The minimum Gasteiger partial charge on any atom is -0.456 e. The van der Waals surface area contributed by atoms with Crippen LogP contribution in [0.15, 0.2) is 211 Å². The number of para-hydroxylation sites is 1. The van der Waals surface area contributed by atoms with Gasteiger partial charge in [-0.2, -0.15) is 0 Å². The predicted octanol–water partition coefficient (Wildman–Crippen LogP) is 14.4. The molecule has 3 aromatic heterocycles. The Hall–Kier alpha value is -8.15. The molecule has 0 spiro atoms. The molecular formula is C55H34N4O. The minimum absolute atomic E-state index is 0.574. The summed E-state index contributed by atoms with van der Waals surface area (Å²) in [6.07, 6.45) is 0. The molecule has 0 bridgehead atoms. The lowest BCUT2D eigenvalue weighted by Gasteiger charge is -2.14. The van der Waals surface area contributed by atoms with Gasteiger partial charge in [-0.05, 0) is 51.9 Å². The Balaban J connectivity index is 1.18. The smallest absolute Gasteiger partial charge is 0.164 e. The fourth-order valence-corrected chi connectivity index (χ4v) is 8.91. The average molecular weight is 767 g/mol. The molecule has 0 amide bonds. The molecule has 12 rings (SSSR count). The fourth-order valence-electron chi connectivity index (χ4n) is 8.91. The number of hydrogen-bond acceptors (Lipinski definition) is 4. The quantitative estimate of drug-likeness (QED) is 0.169. The SMILES string of the molecule is c1ccc(-c2cccc(-c3cccc4c3c3ccc5ccccc5c3n4-c3cc(-c4nc(-c5ccccc5)nc(-c5ccccc5)n4)c4c(c3)oc3ccccc34)c2)cc1. The Morgan fingerprint density at radius 3 is 1.70 bits per heavy atom. The molecule has 0 saturated heterocycles. The molecule has 280 valence electrons. The van der Waals surface area contributed by atoms with Gasteiger partial charge in [-0.25, -0.2) is 15.0 Å². The van der Waals surface area contributed by atoms with Crippen LogP contribution >= 0.6 is 0 Å². The van der Waals surface area contributed by atoms with Gasteiger partial charge in [0, 0.05) is 49.7 Å². The number of nitrogens with zero attached hydrogens (tertiary/aromatic N) is 4. The van der Waals surface area contributed by atoms with Crippen LogP contribution in [0.25, 0.3) is 117 Å². The first-order valence-corrected chi connectivity index (χ1v) is 20.2. The zero-order chi connectivity index (χ0) is 39.6. The second-order valence-corrected chi connectivity index (χ2v) is 15.2. The lowest BCUT2D eigenvalue weighted by molar-refractivity contribution is 0.668. The first-order valence-electron chi connectivity index (χ1n) is 20.2. The van der Waals surface area contributed by atoms with Crippen molar-refractivity contribution in [3.8, 4) is 62.1 Å². The summed E-state index contributed by atoms with van der Waals surface area (Å²) in [5.41, 5.74) is 12.1. The van der Waals surface area contributed by atoms with E-state index in [1.165, 1.54) is 38.2 Å². The van der Waals surface area contributed by atoms with Gasteiger partial charge in [-0.1, -0.05) is 176 Å². The van der Waals surface area contributed by atoms with Crippen LogP contribution in [0.2, 0.25) is 0 Å². The van der Waals surface area contributed by atoms with Gasteiger partial charge in [0.1, 0.15) is 11.2 Å². The number of benzene rings is 9. The maximum atomic E-state index is 6.76. The topological polar surface area (TPSA) is 56.7 Å². The van der Waals surface area contributed by atoms with Crippen LogP contribution in [0.5, 0.6) is 0 Å². The Bertz CT molecular complexity index is 3530. The molecule has 0 atom stereocenters. The van der Waals surface area contributed by atoms with E-state index in [1.807, 2.05) is 72.8 Å². The summed E-state index contributed by atoms with van der Waals surface area (Å²) >= 11 is 0. The highest BCUT2D eigenvalue weighted by atomic mass is 16.3. The molecule has 3 heterocycles. The second kappa shape index (κ2) is 13.8. The number of fused-ring (bicyclic) bond motifs is 8. The number of furan rings is 1. The summed E-state index contributed by atoms with van der Waals surface area (Å²) in [6.45, 7) is 0. The third-order valence-electron chi connectivity index (χ3n) is 11.6. The molecule has 12 aromatic rings. The van der Waals surface area contributed by atoms with Crippen molar-refractivity contribution < 1.29 is 4.42 Å². The summed E-state index contributed by atoms with van der Waals surface area (Å²) in [5.74, 6) is 1.79. The normalized spacial score (nSPS) is 11.7. The lowest BCUT2D eigenvalue weighted by atomic mass is 9.95. The maximum Gasteiger partial charge on any atom is 0.164 e.